The molecule has 0 atom stereocenters. The number of amides is 1. The first kappa shape index (κ1) is 14.8. The second-order valence-electron chi connectivity index (χ2n) is 3.82. The van der Waals surface area contributed by atoms with Crippen LogP contribution in [0.5, 0.6) is 11.5 Å². The van der Waals surface area contributed by atoms with E-state index in [1.165, 1.54) is 21.3 Å². The second kappa shape index (κ2) is 6.63. The molecule has 0 aliphatic heterocycles. The Labute approximate surface area is 111 Å². The highest BCUT2D eigenvalue weighted by atomic mass is 16.5. The Morgan fingerprint density at radius 2 is 1.68 bits per heavy atom. The molecule has 0 aliphatic carbocycles. The van der Waals surface area contributed by atoms with Gasteiger partial charge in [-0.2, -0.15) is 0 Å². The zero-order valence-corrected chi connectivity index (χ0v) is 11.4. The van der Waals surface area contributed by atoms with Crippen LogP contribution in [0.15, 0.2) is 12.1 Å². The van der Waals surface area contributed by atoms with E-state index in [4.69, 9.17) is 9.47 Å². The van der Waals surface area contributed by atoms with Gasteiger partial charge in [-0.05, 0) is 18.6 Å². The number of rotatable bonds is 5. The Hall–Kier alpha value is -2.24. The summed E-state index contributed by atoms with van der Waals surface area (Å²) in [6.45, 7) is 1.82. The lowest BCUT2D eigenvalue weighted by atomic mass is 10.1. The summed E-state index contributed by atoms with van der Waals surface area (Å²) in [5.41, 5.74) is 1.36. The molecule has 104 valence electrons. The van der Waals surface area contributed by atoms with Crippen molar-refractivity contribution in [2.75, 3.05) is 26.6 Å². The number of hydrogen-bond acceptors (Lipinski definition) is 5. The summed E-state index contributed by atoms with van der Waals surface area (Å²) in [5.74, 6) is 0.0465. The number of benzene rings is 1. The van der Waals surface area contributed by atoms with E-state index in [1.54, 1.807) is 12.1 Å². The summed E-state index contributed by atoms with van der Waals surface area (Å²) in [6.07, 6.45) is -0.329. The molecule has 0 bridgehead atoms. The normalized spacial score (nSPS) is 9.68. The van der Waals surface area contributed by atoms with Crippen LogP contribution >= 0.6 is 0 Å². The SMILES string of the molecule is COC(=O)CC(=O)Nc1cc(OC)c(OC)cc1C. The summed E-state index contributed by atoms with van der Waals surface area (Å²) in [4.78, 5) is 22.6. The minimum absolute atomic E-state index is 0.329. The molecule has 0 spiro atoms. The average molecular weight is 267 g/mol. The third kappa shape index (κ3) is 3.87. The number of methoxy groups -OCH3 is 3. The number of esters is 1. The van der Waals surface area contributed by atoms with Crippen molar-refractivity contribution in [2.24, 2.45) is 0 Å². The van der Waals surface area contributed by atoms with Gasteiger partial charge < -0.3 is 19.5 Å². The number of anilines is 1. The zero-order valence-electron chi connectivity index (χ0n) is 11.4. The molecular weight excluding hydrogens is 250 g/mol. The Morgan fingerprint density at radius 1 is 1.11 bits per heavy atom. The minimum atomic E-state index is -0.587. The van der Waals surface area contributed by atoms with Crippen LogP contribution < -0.4 is 14.8 Å². The molecule has 6 nitrogen and oxygen atoms in total. The third-order valence-corrected chi connectivity index (χ3v) is 2.54. The largest absolute Gasteiger partial charge is 0.493 e. The van der Waals surface area contributed by atoms with E-state index in [1.807, 2.05) is 6.92 Å². The summed E-state index contributed by atoms with van der Waals surface area (Å²) in [7, 11) is 4.28. The number of hydrogen-bond donors (Lipinski definition) is 1. The van der Waals surface area contributed by atoms with Crippen LogP contribution in [0.2, 0.25) is 0 Å². The Balaban J connectivity index is 2.89. The summed E-state index contributed by atoms with van der Waals surface area (Å²) < 4.78 is 14.7. The van der Waals surface area contributed by atoms with E-state index in [2.05, 4.69) is 10.1 Å². The lowest BCUT2D eigenvalue weighted by Gasteiger charge is -2.13. The van der Waals surface area contributed by atoms with Crippen molar-refractivity contribution < 1.29 is 23.8 Å². The molecule has 1 aromatic rings. The standard InChI is InChI=1S/C13H17NO5/c1-8-5-10(17-2)11(18-3)6-9(8)14-12(15)7-13(16)19-4/h5-6H,7H2,1-4H3,(H,14,15). The maximum atomic E-state index is 11.6. The predicted octanol–water partition coefficient (Wildman–Crippen LogP) is 1.51. The van der Waals surface area contributed by atoms with Crippen molar-refractivity contribution >= 4 is 17.6 Å². The molecule has 1 N–H and O–H groups in total. The van der Waals surface area contributed by atoms with Crippen LogP contribution in [0.1, 0.15) is 12.0 Å². The van der Waals surface area contributed by atoms with Crippen LogP contribution in [0.4, 0.5) is 5.69 Å². The molecule has 0 aliphatic rings. The fourth-order valence-corrected chi connectivity index (χ4v) is 1.51. The van der Waals surface area contributed by atoms with Crippen LogP contribution in [0, 0.1) is 6.92 Å². The van der Waals surface area contributed by atoms with Crippen molar-refractivity contribution in [3.05, 3.63) is 17.7 Å². The van der Waals surface area contributed by atoms with Gasteiger partial charge in [0.25, 0.3) is 0 Å². The first-order valence-corrected chi connectivity index (χ1v) is 5.61. The fraction of sp³-hybridized carbons (Fsp3) is 0.385. The highest BCUT2D eigenvalue weighted by molar-refractivity contribution is 6.02. The summed E-state index contributed by atoms with van der Waals surface area (Å²) in [6, 6.07) is 3.38. The molecule has 0 fully saturated rings. The van der Waals surface area contributed by atoms with Gasteiger partial charge in [0.2, 0.25) is 5.91 Å². The number of nitrogens with one attached hydrogen (secondary N) is 1. The van der Waals surface area contributed by atoms with Gasteiger partial charge in [0.1, 0.15) is 6.42 Å². The number of aryl methyl sites for hydroxylation is 1. The van der Waals surface area contributed by atoms with Gasteiger partial charge in [-0.1, -0.05) is 0 Å². The van der Waals surface area contributed by atoms with E-state index in [-0.39, 0.29) is 6.42 Å². The van der Waals surface area contributed by atoms with E-state index in [0.29, 0.717) is 17.2 Å². The van der Waals surface area contributed by atoms with Gasteiger partial charge in [0, 0.05) is 11.8 Å². The van der Waals surface area contributed by atoms with Crippen molar-refractivity contribution in [3.63, 3.8) is 0 Å². The highest BCUT2D eigenvalue weighted by Crippen LogP contribution is 2.32. The van der Waals surface area contributed by atoms with E-state index >= 15 is 0 Å². The molecule has 0 saturated carbocycles. The molecule has 1 rings (SSSR count). The van der Waals surface area contributed by atoms with E-state index in [9.17, 15) is 9.59 Å². The molecule has 19 heavy (non-hydrogen) atoms. The maximum Gasteiger partial charge on any atom is 0.315 e. The molecule has 1 amide bonds. The van der Waals surface area contributed by atoms with Gasteiger partial charge in [0.15, 0.2) is 11.5 Å². The molecule has 1 aromatic carbocycles. The van der Waals surface area contributed by atoms with Gasteiger partial charge in [-0.25, -0.2) is 0 Å². The Morgan fingerprint density at radius 3 is 2.21 bits per heavy atom. The molecule has 0 radical (unpaired) electrons. The predicted molar refractivity (Wildman–Crippen MR) is 69.5 cm³/mol. The molecule has 6 heteroatoms. The minimum Gasteiger partial charge on any atom is -0.493 e. The van der Waals surface area contributed by atoms with Crippen LogP contribution in [-0.2, 0) is 14.3 Å². The second-order valence-corrected chi connectivity index (χ2v) is 3.82. The number of carbonyl (C=O) groups excluding carboxylic acids is 2. The zero-order chi connectivity index (χ0) is 14.4. The van der Waals surface area contributed by atoms with Crippen LogP contribution in [0.25, 0.3) is 0 Å². The molecule has 0 aromatic heterocycles. The van der Waals surface area contributed by atoms with Crippen molar-refractivity contribution in [3.8, 4) is 11.5 Å². The first-order valence-electron chi connectivity index (χ1n) is 5.61. The van der Waals surface area contributed by atoms with Gasteiger partial charge in [0.05, 0.1) is 21.3 Å². The van der Waals surface area contributed by atoms with Crippen molar-refractivity contribution in [2.45, 2.75) is 13.3 Å². The lowest BCUT2D eigenvalue weighted by Crippen LogP contribution is -2.17. The molecule has 0 unspecified atom stereocenters. The Bertz CT molecular complexity index is 484. The fourth-order valence-electron chi connectivity index (χ4n) is 1.51. The number of ether oxygens (including phenoxy) is 3. The monoisotopic (exact) mass is 267 g/mol. The van der Waals surface area contributed by atoms with Crippen LogP contribution in [-0.4, -0.2) is 33.2 Å². The van der Waals surface area contributed by atoms with Crippen molar-refractivity contribution in [1.29, 1.82) is 0 Å². The summed E-state index contributed by atoms with van der Waals surface area (Å²) >= 11 is 0. The third-order valence-electron chi connectivity index (χ3n) is 2.54. The highest BCUT2D eigenvalue weighted by Gasteiger charge is 2.13. The van der Waals surface area contributed by atoms with E-state index < -0.39 is 11.9 Å². The quantitative estimate of drug-likeness (QED) is 0.646. The molecular formula is C13H17NO5. The van der Waals surface area contributed by atoms with Gasteiger partial charge in [-0.15, -0.1) is 0 Å². The van der Waals surface area contributed by atoms with Gasteiger partial charge >= 0.3 is 5.97 Å². The topological polar surface area (TPSA) is 73.9 Å². The maximum absolute atomic E-state index is 11.6. The lowest BCUT2D eigenvalue weighted by molar-refractivity contribution is -0.142. The average Bonchev–Trinajstić information content (AvgIpc) is 2.40. The Kier molecular flexibility index (Phi) is 5.17. The van der Waals surface area contributed by atoms with Crippen LogP contribution in [0.3, 0.4) is 0 Å². The number of carbonyl (C=O) groups is 2. The first-order chi connectivity index (χ1) is 9.01. The summed E-state index contributed by atoms with van der Waals surface area (Å²) in [5, 5.41) is 2.63. The smallest absolute Gasteiger partial charge is 0.315 e. The van der Waals surface area contributed by atoms with Gasteiger partial charge in [-0.3, -0.25) is 9.59 Å². The van der Waals surface area contributed by atoms with Crippen molar-refractivity contribution in [1.82, 2.24) is 0 Å². The molecule has 0 heterocycles. The van der Waals surface area contributed by atoms with E-state index in [0.717, 1.165) is 5.56 Å². The molecule has 0 saturated heterocycles.